The zero-order chi connectivity index (χ0) is 43.2. The average Bonchev–Trinajstić information content (AvgIpc) is 4.10. The van der Waals surface area contributed by atoms with Crippen LogP contribution in [0.2, 0.25) is 0 Å². The van der Waals surface area contributed by atoms with E-state index in [1.54, 1.807) is 11.3 Å². The third kappa shape index (κ3) is 8.46. The van der Waals surface area contributed by atoms with E-state index in [0.29, 0.717) is 13.1 Å². The van der Waals surface area contributed by atoms with Crippen molar-refractivity contribution in [3.05, 3.63) is 47.3 Å². The molecule has 4 aliphatic rings. The van der Waals surface area contributed by atoms with Gasteiger partial charge in [-0.2, -0.15) is 0 Å². The van der Waals surface area contributed by atoms with Crippen LogP contribution in [-0.4, -0.2) is 93.1 Å². The summed E-state index contributed by atoms with van der Waals surface area (Å²) in [6.45, 7) is 11.3. The zero-order valence-corrected chi connectivity index (χ0v) is 38.0. The first kappa shape index (κ1) is 43.0. The van der Waals surface area contributed by atoms with Crippen molar-refractivity contribution in [2.24, 2.45) is 23.2 Å². The second kappa shape index (κ2) is 17.6. The van der Waals surface area contributed by atoms with Gasteiger partial charge < -0.3 is 39.9 Å². The molecule has 328 valence electrons. The summed E-state index contributed by atoms with van der Waals surface area (Å²) in [5.41, 5.74) is 5.06. The number of fused-ring (bicyclic) bond motifs is 1. The largest absolute Gasteiger partial charge is 0.453 e. The summed E-state index contributed by atoms with van der Waals surface area (Å²) in [6, 6.07) is 2.61. The van der Waals surface area contributed by atoms with Crippen LogP contribution in [-0.2, 0) is 31.9 Å². The minimum atomic E-state index is -0.690. The summed E-state index contributed by atoms with van der Waals surface area (Å²) >= 11 is 3.59. The average molecular weight is 873 g/mol. The SMILES string of the molecule is COC(=O)NC(C(=O)N1CCCC1c1ncc(-c2ccc(-c3sc(-c4cnc(C5CCCN5C(=O)C(NC(=O)OC)C(C)C)[nH]4)c4c3CC3(CCC(C)CC3)C4)s2)[nH]1)C(C)C. The number of aromatic amines is 2. The summed E-state index contributed by atoms with van der Waals surface area (Å²) in [4.78, 5) is 77.4. The lowest BCUT2D eigenvalue weighted by Gasteiger charge is -2.36. The van der Waals surface area contributed by atoms with Gasteiger partial charge in [0.1, 0.15) is 23.7 Å². The van der Waals surface area contributed by atoms with Gasteiger partial charge in [0, 0.05) is 22.8 Å². The van der Waals surface area contributed by atoms with Crippen molar-refractivity contribution < 1.29 is 28.7 Å². The lowest BCUT2D eigenvalue weighted by Crippen LogP contribution is -2.51. The Hall–Kier alpha value is -4.70. The van der Waals surface area contributed by atoms with E-state index in [4.69, 9.17) is 19.4 Å². The number of aromatic nitrogens is 4. The van der Waals surface area contributed by atoms with Gasteiger partial charge in [0.15, 0.2) is 0 Å². The Labute approximate surface area is 366 Å². The highest BCUT2D eigenvalue weighted by Crippen LogP contribution is 2.57. The lowest BCUT2D eigenvalue weighted by molar-refractivity contribution is -0.136. The van der Waals surface area contributed by atoms with Crippen molar-refractivity contribution in [3.8, 4) is 30.9 Å². The molecule has 4 N–H and O–H groups in total. The quantitative estimate of drug-likeness (QED) is 0.116. The Balaban J connectivity index is 1.06. The maximum absolute atomic E-state index is 13.9. The molecule has 0 bridgehead atoms. The number of nitrogens with one attached hydrogen (secondary N) is 4. The van der Waals surface area contributed by atoms with E-state index in [-0.39, 0.29) is 41.1 Å². The molecule has 2 aliphatic carbocycles. The molecule has 8 rings (SSSR count). The van der Waals surface area contributed by atoms with Crippen LogP contribution in [0, 0.1) is 23.2 Å². The summed E-state index contributed by atoms with van der Waals surface area (Å²) in [5, 5.41) is 5.49. The summed E-state index contributed by atoms with van der Waals surface area (Å²) in [5.74, 6) is 1.83. The summed E-state index contributed by atoms with van der Waals surface area (Å²) < 4.78 is 9.65. The van der Waals surface area contributed by atoms with E-state index in [9.17, 15) is 19.2 Å². The molecule has 0 radical (unpaired) electrons. The number of likely N-dealkylation sites (tertiary alicyclic amines) is 2. The number of carbonyl (C=O) groups excluding carboxylic acids is 4. The molecule has 3 fully saturated rings. The van der Waals surface area contributed by atoms with E-state index in [2.05, 4.69) is 39.7 Å². The highest BCUT2D eigenvalue weighted by atomic mass is 32.1. The van der Waals surface area contributed by atoms with Crippen molar-refractivity contribution in [2.75, 3.05) is 27.3 Å². The first-order chi connectivity index (χ1) is 29.3. The van der Waals surface area contributed by atoms with Gasteiger partial charge in [0.25, 0.3) is 0 Å². The molecule has 0 aromatic carbocycles. The van der Waals surface area contributed by atoms with Crippen LogP contribution in [0.25, 0.3) is 30.9 Å². The van der Waals surface area contributed by atoms with Gasteiger partial charge in [0.05, 0.1) is 59.8 Å². The number of carbonyl (C=O) groups is 4. The fourth-order valence-electron chi connectivity index (χ4n) is 10.1. The van der Waals surface area contributed by atoms with Gasteiger partial charge in [-0.1, -0.05) is 47.5 Å². The monoisotopic (exact) mass is 872 g/mol. The van der Waals surface area contributed by atoms with E-state index in [1.165, 1.54) is 65.7 Å². The Morgan fingerprint density at radius 3 is 1.74 bits per heavy atom. The molecule has 4 aromatic rings. The second-order valence-corrected chi connectivity index (χ2v) is 20.5. The number of methoxy groups -OCH3 is 2. The van der Waals surface area contributed by atoms with Gasteiger partial charge in [0.2, 0.25) is 11.8 Å². The third-order valence-electron chi connectivity index (χ3n) is 13.6. The van der Waals surface area contributed by atoms with Gasteiger partial charge in [-0.3, -0.25) is 9.59 Å². The van der Waals surface area contributed by atoms with Gasteiger partial charge in [-0.05, 0) is 97.8 Å². The third-order valence-corrected chi connectivity index (χ3v) is 16.2. The van der Waals surface area contributed by atoms with Crippen LogP contribution < -0.4 is 10.6 Å². The number of alkyl carbamates (subject to hydrolysis) is 2. The molecule has 4 unspecified atom stereocenters. The van der Waals surface area contributed by atoms with Crippen molar-refractivity contribution in [1.29, 1.82) is 0 Å². The molecule has 14 nitrogen and oxygen atoms in total. The van der Waals surface area contributed by atoms with Gasteiger partial charge in [-0.25, -0.2) is 19.6 Å². The molecule has 4 aromatic heterocycles. The number of thiophene rings is 2. The van der Waals surface area contributed by atoms with Crippen LogP contribution in [0.5, 0.6) is 0 Å². The number of hydrogen-bond donors (Lipinski definition) is 4. The predicted molar refractivity (Wildman–Crippen MR) is 236 cm³/mol. The van der Waals surface area contributed by atoms with Crippen LogP contribution in [0.4, 0.5) is 9.59 Å². The highest BCUT2D eigenvalue weighted by Gasteiger charge is 2.44. The molecule has 4 amide bonds. The number of nitrogens with zero attached hydrogens (tertiary/aromatic N) is 4. The number of hydrogen-bond acceptors (Lipinski definition) is 10. The predicted octanol–water partition coefficient (Wildman–Crippen LogP) is 8.64. The van der Waals surface area contributed by atoms with Crippen LogP contribution in [0.3, 0.4) is 0 Å². The zero-order valence-electron chi connectivity index (χ0n) is 36.4. The molecular formula is C45H60N8O6S2. The Morgan fingerprint density at radius 2 is 1.21 bits per heavy atom. The molecule has 61 heavy (non-hydrogen) atoms. The first-order valence-electron chi connectivity index (χ1n) is 21.9. The molecule has 2 saturated heterocycles. The van der Waals surface area contributed by atoms with E-state index >= 15 is 0 Å². The fourth-order valence-corrected chi connectivity index (χ4v) is 12.5. The first-order valence-corrected chi connectivity index (χ1v) is 23.6. The standard InChI is InChI=1S/C45H60N8O6S2/c1-24(2)35(50-43(56)58-6)41(54)52-18-8-10-31(52)39-46-22-29(48-39)33-12-13-34(60-33)38-28-21-45(16-14-26(5)15-17-45)20-27(28)37(61-38)30-23-47-40(49-30)32-11-9-19-53(32)42(55)36(25(3)4)51-44(57)59-7/h12-13,22-26,31-32,35-36H,8-11,14-21H2,1-7H3,(H,46,48)(H,47,49)(H,50,56)(H,51,57). The van der Waals surface area contributed by atoms with Crippen LogP contribution >= 0.6 is 22.7 Å². The summed E-state index contributed by atoms with van der Waals surface area (Å²) in [6.07, 6.45) is 13.0. The number of rotatable bonds is 11. The van der Waals surface area contributed by atoms with Crippen molar-refractivity contribution in [2.45, 2.75) is 123 Å². The van der Waals surface area contributed by atoms with Crippen molar-refractivity contribution in [1.82, 2.24) is 40.4 Å². The Morgan fingerprint density at radius 1 is 0.721 bits per heavy atom. The van der Waals surface area contributed by atoms with Crippen LogP contribution in [0.15, 0.2) is 24.5 Å². The minimum Gasteiger partial charge on any atom is -0.453 e. The number of amides is 4. The van der Waals surface area contributed by atoms with Crippen LogP contribution in [0.1, 0.15) is 121 Å². The second-order valence-electron chi connectivity index (χ2n) is 18.4. The fraction of sp³-hybridized carbons (Fsp3) is 0.600. The van der Waals surface area contributed by atoms with Crippen molar-refractivity contribution in [3.63, 3.8) is 0 Å². The minimum absolute atomic E-state index is 0.107. The Kier molecular flexibility index (Phi) is 12.4. The molecule has 16 heteroatoms. The molecule has 4 atom stereocenters. The Bertz CT molecular complexity index is 2250. The summed E-state index contributed by atoms with van der Waals surface area (Å²) in [7, 11) is 2.61. The molecule has 1 spiro atoms. The van der Waals surface area contributed by atoms with E-state index < -0.39 is 24.3 Å². The molecular weight excluding hydrogens is 813 g/mol. The number of ether oxygens (including phenoxy) is 2. The maximum atomic E-state index is 13.9. The smallest absolute Gasteiger partial charge is 0.407 e. The van der Waals surface area contributed by atoms with E-state index in [0.717, 1.165) is 72.4 Å². The molecule has 6 heterocycles. The van der Waals surface area contributed by atoms with E-state index in [1.807, 2.05) is 61.2 Å². The number of H-pyrrole nitrogens is 2. The maximum Gasteiger partial charge on any atom is 0.407 e. The lowest BCUT2D eigenvalue weighted by atomic mass is 9.69. The topological polar surface area (TPSA) is 175 Å². The number of imidazole rings is 2. The normalized spacial score (nSPS) is 23.5. The molecule has 2 aliphatic heterocycles. The molecule has 1 saturated carbocycles. The van der Waals surface area contributed by atoms with Crippen molar-refractivity contribution >= 4 is 46.7 Å². The van der Waals surface area contributed by atoms with Gasteiger partial charge in [-0.15, -0.1) is 22.7 Å². The highest BCUT2D eigenvalue weighted by molar-refractivity contribution is 7.25. The van der Waals surface area contributed by atoms with Gasteiger partial charge >= 0.3 is 12.2 Å².